The van der Waals surface area contributed by atoms with Crippen molar-refractivity contribution in [3.8, 4) is 5.75 Å². The minimum Gasteiger partial charge on any atom is -0.488 e. The van der Waals surface area contributed by atoms with Crippen LogP contribution in [0.1, 0.15) is 11.1 Å². The number of aliphatic imine (C=N–C) groups is 1. The summed E-state index contributed by atoms with van der Waals surface area (Å²) in [6.45, 7) is 0.315. The van der Waals surface area contributed by atoms with Gasteiger partial charge in [0.05, 0.1) is 16.7 Å². The molecule has 0 radical (unpaired) electrons. The Morgan fingerprint density at radius 2 is 1.71 bits per heavy atom. The lowest BCUT2D eigenvalue weighted by atomic mass is 10.0. The zero-order valence-corrected chi connectivity index (χ0v) is 16.4. The van der Waals surface area contributed by atoms with E-state index < -0.39 is 0 Å². The van der Waals surface area contributed by atoms with Crippen molar-refractivity contribution >= 4 is 33.7 Å². The van der Waals surface area contributed by atoms with E-state index in [1.54, 1.807) is 18.3 Å². The van der Waals surface area contributed by atoms with Crippen molar-refractivity contribution in [1.82, 2.24) is 9.97 Å². The van der Waals surface area contributed by atoms with Gasteiger partial charge in [-0.3, -0.25) is 4.99 Å². The number of hydrogen-bond acceptors (Lipinski definition) is 3. The average Bonchev–Trinajstić information content (AvgIpc) is 3.16. The lowest BCUT2D eigenvalue weighted by Gasteiger charge is -2.12. The van der Waals surface area contributed by atoms with Crippen LogP contribution < -0.4 is 10.4 Å². The highest BCUT2D eigenvalue weighted by Crippen LogP contribution is 2.28. The van der Waals surface area contributed by atoms with Gasteiger partial charge in [0, 0.05) is 11.8 Å². The number of imidazole rings is 1. The first-order valence-electron chi connectivity index (χ1n) is 9.81. The standard InChI is InChI=1S/C25H18FN3O2/c26-18-8-5-16(6-9-18)15-31-24-12-7-17-3-1-2-4-20(17)21(24)14-27-19-10-11-22-23(13-19)29-25(30)28-22/h1-14H,15H2,(H2,28,29,30). The van der Waals surface area contributed by atoms with Crippen LogP contribution in [-0.4, -0.2) is 16.2 Å². The Labute approximate surface area is 176 Å². The SMILES string of the molecule is O=c1[nH]c2ccc(N=Cc3c(OCc4ccc(F)cc4)ccc4ccccc34)cc2[nH]1. The molecule has 0 amide bonds. The first-order valence-corrected chi connectivity index (χ1v) is 9.81. The summed E-state index contributed by atoms with van der Waals surface area (Å²) in [6.07, 6.45) is 1.77. The molecule has 0 aliphatic rings. The van der Waals surface area contributed by atoms with Gasteiger partial charge >= 0.3 is 5.69 Å². The van der Waals surface area contributed by atoms with Crippen LogP contribution in [0, 0.1) is 5.82 Å². The topological polar surface area (TPSA) is 70.2 Å². The molecule has 0 aliphatic carbocycles. The number of aromatic amines is 2. The molecule has 0 fully saturated rings. The minimum atomic E-state index is -0.275. The molecule has 0 spiro atoms. The molecule has 6 heteroatoms. The molecule has 0 saturated carbocycles. The van der Waals surface area contributed by atoms with Crippen molar-refractivity contribution in [3.05, 3.63) is 106 Å². The van der Waals surface area contributed by atoms with E-state index in [4.69, 9.17) is 4.74 Å². The molecule has 0 aliphatic heterocycles. The predicted octanol–water partition coefficient (Wildman–Crippen LogP) is 5.48. The quantitative estimate of drug-likeness (QED) is 0.376. The maximum absolute atomic E-state index is 13.2. The predicted molar refractivity (Wildman–Crippen MR) is 121 cm³/mol. The summed E-state index contributed by atoms with van der Waals surface area (Å²) in [5.74, 6) is 0.408. The number of nitrogens with one attached hydrogen (secondary N) is 2. The fourth-order valence-corrected chi connectivity index (χ4v) is 3.52. The molecule has 0 atom stereocenters. The second-order valence-corrected chi connectivity index (χ2v) is 7.18. The first kappa shape index (κ1) is 18.8. The summed E-state index contributed by atoms with van der Waals surface area (Å²) in [7, 11) is 0. The molecule has 5 rings (SSSR count). The fraction of sp³-hybridized carbons (Fsp3) is 0.0400. The van der Waals surface area contributed by atoms with E-state index >= 15 is 0 Å². The maximum Gasteiger partial charge on any atom is 0.323 e. The van der Waals surface area contributed by atoms with Crippen molar-refractivity contribution < 1.29 is 9.13 Å². The number of fused-ring (bicyclic) bond motifs is 2. The van der Waals surface area contributed by atoms with Gasteiger partial charge in [0.1, 0.15) is 18.2 Å². The van der Waals surface area contributed by atoms with Crippen LogP contribution in [0.25, 0.3) is 21.8 Å². The molecule has 4 aromatic carbocycles. The Morgan fingerprint density at radius 1 is 0.903 bits per heavy atom. The number of hydrogen-bond donors (Lipinski definition) is 2. The summed E-state index contributed by atoms with van der Waals surface area (Å²) in [6, 6.07) is 23.7. The minimum absolute atomic E-state index is 0.248. The number of rotatable bonds is 5. The molecular formula is C25H18FN3O2. The van der Waals surface area contributed by atoms with Crippen molar-refractivity contribution in [3.63, 3.8) is 0 Å². The molecule has 5 nitrogen and oxygen atoms in total. The summed E-state index contributed by atoms with van der Waals surface area (Å²) >= 11 is 0. The van der Waals surface area contributed by atoms with Gasteiger partial charge in [0.2, 0.25) is 0 Å². The number of benzene rings is 4. The van der Waals surface area contributed by atoms with Crippen LogP contribution in [0.3, 0.4) is 0 Å². The Kier molecular flexibility index (Phi) is 4.80. The molecule has 1 aromatic heterocycles. The van der Waals surface area contributed by atoms with Crippen molar-refractivity contribution in [2.75, 3.05) is 0 Å². The molecule has 0 unspecified atom stereocenters. The molecule has 152 valence electrons. The highest BCUT2D eigenvalue weighted by atomic mass is 19.1. The second kappa shape index (κ2) is 7.91. The number of H-pyrrole nitrogens is 2. The van der Waals surface area contributed by atoms with Gasteiger partial charge < -0.3 is 14.7 Å². The van der Waals surface area contributed by atoms with E-state index in [-0.39, 0.29) is 11.5 Å². The zero-order valence-electron chi connectivity index (χ0n) is 16.4. The number of ether oxygens (including phenoxy) is 1. The van der Waals surface area contributed by atoms with E-state index in [2.05, 4.69) is 15.0 Å². The van der Waals surface area contributed by atoms with Gasteiger partial charge in [-0.05, 0) is 52.7 Å². The Morgan fingerprint density at radius 3 is 2.58 bits per heavy atom. The number of halogens is 1. The molecule has 31 heavy (non-hydrogen) atoms. The highest BCUT2D eigenvalue weighted by Gasteiger charge is 2.08. The normalized spacial score (nSPS) is 11.5. The molecule has 5 aromatic rings. The fourth-order valence-electron chi connectivity index (χ4n) is 3.52. The van der Waals surface area contributed by atoms with Crippen LogP contribution in [0.15, 0.2) is 88.6 Å². The summed E-state index contributed by atoms with van der Waals surface area (Å²) in [4.78, 5) is 21.6. The molecular weight excluding hydrogens is 393 g/mol. The lowest BCUT2D eigenvalue weighted by molar-refractivity contribution is 0.306. The van der Waals surface area contributed by atoms with Crippen LogP contribution in [0.4, 0.5) is 10.1 Å². The maximum atomic E-state index is 13.2. The van der Waals surface area contributed by atoms with Gasteiger partial charge in [-0.1, -0.05) is 42.5 Å². The molecule has 0 bridgehead atoms. The van der Waals surface area contributed by atoms with E-state index in [1.165, 1.54) is 12.1 Å². The van der Waals surface area contributed by atoms with Gasteiger partial charge in [-0.15, -0.1) is 0 Å². The van der Waals surface area contributed by atoms with E-state index in [0.717, 1.165) is 27.4 Å². The van der Waals surface area contributed by atoms with Crippen LogP contribution >= 0.6 is 0 Å². The van der Waals surface area contributed by atoms with Gasteiger partial charge in [0.25, 0.3) is 0 Å². The lowest BCUT2D eigenvalue weighted by Crippen LogP contribution is -1.99. The van der Waals surface area contributed by atoms with Crippen molar-refractivity contribution in [1.29, 1.82) is 0 Å². The third kappa shape index (κ3) is 3.96. The molecule has 2 N–H and O–H groups in total. The summed E-state index contributed by atoms with van der Waals surface area (Å²) in [5, 5.41) is 2.09. The zero-order chi connectivity index (χ0) is 21.2. The Hall–Kier alpha value is -4.19. The van der Waals surface area contributed by atoms with E-state index in [9.17, 15) is 9.18 Å². The Balaban J connectivity index is 1.51. The number of nitrogens with zero attached hydrogens (tertiary/aromatic N) is 1. The van der Waals surface area contributed by atoms with E-state index in [0.29, 0.717) is 23.6 Å². The molecule has 0 saturated heterocycles. The third-order valence-corrected chi connectivity index (χ3v) is 5.08. The van der Waals surface area contributed by atoms with Gasteiger partial charge in [-0.25, -0.2) is 9.18 Å². The second-order valence-electron chi connectivity index (χ2n) is 7.18. The smallest absolute Gasteiger partial charge is 0.323 e. The van der Waals surface area contributed by atoms with Gasteiger partial charge in [-0.2, -0.15) is 0 Å². The van der Waals surface area contributed by atoms with Gasteiger partial charge in [0.15, 0.2) is 0 Å². The first-order chi connectivity index (χ1) is 15.2. The van der Waals surface area contributed by atoms with Crippen molar-refractivity contribution in [2.24, 2.45) is 4.99 Å². The third-order valence-electron chi connectivity index (χ3n) is 5.08. The summed E-state index contributed by atoms with van der Waals surface area (Å²) < 4.78 is 19.2. The highest BCUT2D eigenvalue weighted by molar-refractivity contribution is 6.03. The molecule has 1 heterocycles. The monoisotopic (exact) mass is 411 g/mol. The van der Waals surface area contributed by atoms with Crippen LogP contribution in [-0.2, 0) is 6.61 Å². The van der Waals surface area contributed by atoms with E-state index in [1.807, 2.05) is 54.6 Å². The van der Waals surface area contributed by atoms with Crippen LogP contribution in [0.5, 0.6) is 5.75 Å². The Bertz CT molecular complexity index is 1470. The number of aromatic nitrogens is 2. The largest absolute Gasteiger partial charge is 0.488 e. The van der Waals surface area contributed by atoms with Crippen molar-refractivity contribution in [2.45, 2.75) is 6.61 Å². The average molecular weight is 411 g/mol. The van der Waals surface area contributed by atoms with Crippen LogP contribution in [0.2, 0.25) is 0 Å². The summed E-state index contributed by atoms with van der Waals surface area (Å²) in [5.41, 5.74) is 3.62.